The summed E-state index contributed by atoms with van der Waals surface area (Å²) >= 11 is 5.69. The van der Waals surface area contributed by atoms with Crippen LogP contribution in [0.15, 0.2) is 75.0 Å². The van der Waals surface area contributed by atoms with E-state index in [-0.39, 0.29) is 11.5 Å². The molecule has 0 bridgehead atoms. The van der Waals surface area contributed by atoms with Gasteiger partial charge in [-0.3, -0.25) is 4.79 Å². The molecule has 168 valence electrons. The largest absolute Gasteiger partial charge is 0.488 e. The third-order valence-electron chi connectivity index (χ3n) is 5.10. The third-order valence-corrected chi connectivity index (χ3v) is 6.44. The molecule has 0 aliphatic rings. The Morgan fingerprint density at radius 2 is 1.97 bits per heavy atom. The van der Waals surface area contributed by atoms with Crippen molar-refractivity contribution in [1.82, 2.24) is 9.66 Å². The Kier molecular flexibility index (Phi) is 7.29. The van der Waals surface area contributed by atoms with Gasteiger partial charge in [0.05, 0.1) is 20.7 Å². The number of benzene rings is 3. The zero-order valence-electron chi connectivity index (χ0n) is 18.5. The van der Waals surface area contributed by atoms with E-state index in [4.69, 9.17) is 4.74 Å². The van der Waals surface area contributed by atoms with Crippen LogP contribution in [0.5, 0.6) is 5.75 Å². The second kappa shape index (κ2) is 10.2. The highest BCUT2D eigenvalue weighted by Crippen LogP contribution is 2.23. The molecule has 0 spiro atoms. The summed E-state index contributed by atoms with van der Waals surface area (Å²) in [5.74, 6) is 1.48. The van der Waals surface area contributed by atoms with Gasteiger partial charge in [-0.15, -0.1) is 0 Å². The molecule has 0 radical (unpaired) electrons. The number of ether oxygens (including phenoxy) is 1. The standard InChI is InChI=1S/C26H23BrIN3O2/c1-16(2)25-30-23-9-8-20(27)13-21(23)26(32)31(25)29-14-18-7-10-24(22(28)12-18)33-15-19-6-4-5-17(3)11-19/h4-14,16H,15H2,1-3H3. The fourth-order valence-electron chi connectivity index (χ4n) is 3.45. The van der Waals surface area contributed by atoms with Gasteiger partial charge < -0.3 is 4.74 Å². The molecule has 7 heteroatoms. The van der Waals surface area contributed by atoms with Gasteiger partial charge in [-0.05, 0) is 77.0 Å². The normalized spacial score (nSPS) is 11.6. The molecular weight excluding hydrogens is 593 g/mol. The number of fused-ring (bicyclic) bond motifs is 1. The molecule has 0 saturated heterocycles. The van der Waals surface area contributed by atoms with Crippen LogP contribution in [-0.2, 0) is 6.61 Å². The maximum Gasteiger partial charge on any atom is 0.282 e. The lowest BCUT2D eigenvalue weighted by Gasteiger charge is -2.12. The summed E-state index contributed by atoms with van der Waals surface area (Å²) in [5.41, 5.74) is 3.70. The van der Waals surface area contributed by atoms with Gasteiger partial charge in [0, 0.05) is 10.4 Å². The van der Waals surface area contributed by atoms with Crippen molar-refractivity contribution in [1.29, 1.82) is 0 Å². The van der Waals surface area contributed by atoms with Crippen molar-refractivity contribution in [3.05, 3.63) is 102 Å². The predicted octanol–water partition coefficient (Wildman–Crippen LogP) is 6.66. The van der Waals surface area contributed by atoms with Crippen molar-refractivity contribution in [2.75, 3.05) is 0 Å². The van der Waals surface area contributed by atoms with Crippen molar-refractivity contribution in [3.8, 4) is 5.75 Å². The molecule has 1 heterocycles. The summed E-state index contributed by atoms with van der Waals surface area (Å²) in [6.45, 7) is 6.58. The van der Waals surface area contributed by atoms with Crippen LogP contribution in [0.2, 0.25) is 0 Å². The van der Waals surface area contributed by atoms with E-state index in [9.17, 15) is 4.79 Å². The Balaban J connectivity index is 1.61. The Morgan fingerprint density at radius 1 is 1.15 bits per heavy atom. The molecule has 0 N–H and O–H groups in total. The summed E-state index contributed by atoms with van der Waals surface area (Å²) < 4.78 is 9.20. The molecule has 0 fully saturated rings. The first-order valence-corrected chi connectivity index (χ1v) is 12.4. The van der Waals surface area contributed by atoms with Crippen molar-refractivity contribution < 1.29 is 4.74 Å². The van der Waals surface area contributed by atoms with E-state index in [1.54, 1.807) is 12.3 Å². The lowest BCUT2D eigenvalue weighted by atomic mass is 10.1. The molecule has 5 nitrogen and oxygen atoms in total. The van der Waals surface area contributed by atoms with E-state index in [0.717, 1.165) is 24.9 Å². The summed E-state index contributed by atoms with van der Waals surface area (Å²) in [5, 5.41) is 5.04. The fourth-order valence-corrected chi connectivity index (χ4v) is 4.51. The highest BCUT2D eigenvalue weighted by molar-refractivity contribution is 14.1. The molecule has 33 heavy (non-hydrogen) atoms. The number of hydrogen-bond acceptors (Lipinski definition) is 4. The molecule has 0 saturated carbocycles. The maximum absolute atomic E-state index is 13.2. The summed E-state index contributed by atoms with van der Waals surface area (Å²) in [6, 6.07) is 19.6. The first-order valence-electron chi connectivity index (χ1n) is 10.6. The molecule has 0 amide bonds. The van der Waals surface area contributed by atoms with Gasteiger partial charge in [0.25, 0.3) is 5.56 Å². The smallest absolute Gasteiger partial charge is 0.282 e. The minimum atomic E-state index is -0.186. The summed E-state index contributed by atoms with van der Waals surface area (Å²) in [6.07, 6.45) is 1.69. The summed E-state index contributed by atoms with van der Waals surface area (Å²) in [4.78, 5) is 17.8. The van der Waals surface area contributed by atoms with Gasteiger partial charge in [0.2, 0.25) is 0 Å². The van der Waals surface area contributed by atoms with Crippen LogP contribution in [0, 0.1) is 10.5 Å². The van der Waals surface area contributed by atoms with Crippen molar-refractivity contribution >= 4 is 55.6 Å². The van der Waals surface area contributed by atoms with Gasteiger partial charge in [0.1, 0.15) is 18.2 Å². The maximum atomic E-state index is 13.2. The lowest BCUT2D eigenvalue weighted by molar-refractivity contribution is 0.304. The molecule has 0 aliphatic carbocycles. The van der Waals surface area contributed by atoms with Gasteiger partial charge >= 0.3 is 0 Å². The Hall–Kier alpha value is -2.52. The number of nitrogens with zero attached hydrogens (tertiary/aromatic N) is 3. The van der Waals surface area contributed by atoms with E-state index in [2.05, 4.69) is 73.7 Å². The van der Waals surface area contributed by atoms with E-state index < -0.39 is 0 Å². The van der Waals surface area contributed by atoms with Crippen molar-refractivity contribution in [2.24, 2.45) is 5.10 Å². The highest BCUT2D eigenvalue weighted by atomic mass is 127. The van der Waals surface area contributed by atoms with Crippen molar-refractivity contribution in [2.45, 2.75) is 33.3 Å². The molecule has 1 aromatic heterocycles. The number of aryl methyl sites for hydroxylation is 1. The van der Waals surface area contributed by atoms with Gasteiger partial charge in [-0.2, -0.15) is 9.78 Å². The lowest BCUT2D eigenvalue weighted by Crippen LogP contribution is -2.23. The van der Waals surface area contributed by atoms with Gasteiger partial charge in [-0.1, -0.05) is 59.6 Å². The average molecular weight is 616 g/mol. The number of hydrogen-bond donors (Lipinski definition) is 0. The Labute approximate surface area is 214 Å². The third kappa shape index (κ3) is 5.52. The highest BCUT2D eigenvalue weighted by Gasteiger charge is 2.14. The summed E-state index contributed by atoms with van der Waals surface area (Å²) in [7, 11) is 0. The van der Waals surface area contributed by atoms with Crippen LogP contribution in [0.4, 0.5) is 0 Å². The molecule has 0 unspecified atom stereocenters. The van der Waals surface area contributed by atoms with Crippen LogP contribution in [-0.4, -0.2) is 15.9 Å². The van der Waals surface area contributed by atoms with E-state index in [0.29, 0.717) is 23.3 Å². The zero-order chi connectivity index (χ0) is 23.5. The monoisotopic (exact) mass is 615 g/mol. The molecule has 4 aromatic rings. The SMILES string of the molecule is Cc1cccc(COc2ccc(C=Nn3c(C(C)C)nc4ccc(Br)cc4c3=O)cc2I)c1. The first-order chi connectivity index (χ1) is 15.8. The number of halogens is 2. The second-order valence-corrected chi connectivity index (χ2v) is 10.2. The Morgan fingerprint density at radius 3 is 2.70 bits per heavy atom. The molecule has 0 aliphatic heterocycles. The van der Waals surface area contributed by atoms with Gasteiger partial charge in [0.15, 0.2) is 0 Å². The molecule has 3 aromatic carbocycles. The molecule has 0 atom stereocenters. The average Bonchev–Trinajstić information content (AvgIpc) is 2.78. The zero-order valence-corrected chi connectivity index (χ0v) is 22.3. The van der Waals surface area contributed by atoms with E-state index in [1.807, 2.05) is 50.2 Å². The van der Waals surface area contributed by atoms with E-state index >= 15 is 0 Å². The molecule has 4 rings (SSSR count). The second-order valence-electron chi connectivity index (χ2n) is 8.12. The van der Waals surface area contributed by atoms with Crippen LogP contribution >= 0.6 is 38.5 Å². The van der Waals surface area contributed by atoms with Crippen LogP contribution in [0.3, 0.4) is 0 Å². The van der Waals surface area contributed by atoms with E-state index in [1.165, 1.54) is 10.2 Å². The van der Waals surface area contributed by atoms with Crippen LogP contribution < -0.4 is 10.3 Å². The topological polar surface area (TPSA) is 56.5 Å². The van der Waals surface area contributed by atoms with Gasteiger partial charge in [-0.25, -0.2) is 4.98 Å². The quantitative estimate of drug-likeness (QED) is 0.180. The predicted molar refractivity (Wildman–Crippen MR) is 145 cm³/mol. The van der Waals surface area contributed by atoms with Crippen molar-refractivity contribution in [3.63, 3.8) is 0 Å². The number of rotatable bonds is 6. The van der Waals surface area contributed by atoms with Crippen LogP contribution in [0.25, 0.3) is 10.9 Å². The first kappa shape index (κ1) is 23.6. The Bertz CT molecular complexity index is 1410. The minimum Gasteiger partial charge on any atom is -0.488 e. The molecular formula is C26H23BrIN3O2. The number of aromatic nitrogens is 2. The van der Waals surface area contributed by atoms with Crippen LogP contribution in [0.1, 0.15) is 42.3 Å². The minimum absolute atomic E-state index is 0.0421. The fraction of sp³-hybridized carbons (Fsp3) is 0.192.